The lowest BCUT2D eigenvalue weighted by molar-refractivity contribution is -0.150. The quantitative estimate of drug-likeness (QED) is 0.746. The number of ether oxygens (including phenoxy) is 1. The van der Waals surface area contributed by atoms with Gasteiger partial charge in [0.05, 0.1) is 6.61 Å². The number of likely N-dealkylation sites (N-methyl/N-ethyl adjacent to an activating group) is 1. The number of carbonyl (C=O) groups excluding carboxylic acids is 1. The SMILES string of the molecule is CCOC(=O)C(CC)N(C)C(C)c1cccc(Cl)c1. The minimum absolute atomic E-state index is 0.105. The fourth-order valence-corrected chi connectivity index (χ4v) is 2.33. The molecule has 0 radical (unpaired) electrons. The number of hydrogen-bond acceptors (Lipinski definition) is 3. The number of carbonyl (C=O) groups is 1. The Morgan fingerprint density at radius 1 is 1.42 bits per heavy atom. The summed E-state index contributed by atoms with van der Waals surface area (Å²) < 4.78 is 5.12. The van der Waals surface area contributed by atoms with Crippen LogP contribution in [0.1, 0.15) is 38.8 Å². The van der Waals surface area contributed by atoms with E-state index in [2.05, 4.69) is 6.92 Å². The van der Waals surface area contributed by atoms with Crippen LogP contribution in [-0.2, 0) is 9.53 Å². The fraction of sp³-hybridized carbons (Fsp3) is 0.533. The molecule has 4 heteroatoms. The number of halogens is 1. The Kier molecular flexibility index (Phi) is 6.32. The van der Waals surface area contributed by atoms with Crippen LogP contribution in [0.5, 0.6) is 0 Å². The lowest BCUT2D eigenvalue weighted by Gasteiger charge is -2.31. The molecule has 0 saturated carbocycles. The van der Waals surface area contributed by atoms with E-state index < -0.39 is 0 Å². The average molecular weight is 284 g/mol. The van der Waals surface area contributed by atoms with Gasteiger partial charge in [0.25, 0.3) is 0 Å². The Morgan fingerprint density at radius 3 is 2.63 bits per heavy atom. The van der Waals surface area contributed by atoms with Crippen LogP contribution in [0, 0.1) is 0 Å². The summed E-state index contributed by atoms with van der Waals surface area (Å²) in [5.41, 5.74) is 1.10. The molecule has 2 unspecified atom stereocenters. The topological polar surface area (TPSA) is 29.5 Å². The van der Waals surface area contributed by atoms with Crippen molar-refractivity contribution in [1.82, 2.24) is 4.90 Å². The first-order valence-electron chi connectivity index (χ1n) is 6.65. The van der Waals surface area contributed by atoms with Gasteiger partial charge < -0.3 is 4.74 Å². The molecule has 0 aromatic heterocycles. The minimum Gasteiger partial charge on any atom is -0.465 e. The van der Waals surface area contributed by atoms with Gasteiger partial charge in [-0.2, -0.15) is 0 Å². The molecule has 1 aromatic rings. The molecule has 0 heterocycles. The maximum absolute atomic E-state index is 11.9. The van der Waals surface area contributed by atoms with Gasteiger partial charge in [0.1, 0.15) is 6.04 Å². The Balaban J connectivity index is 2.85. The van der Waals surface area contributed by atoms with Gasteiger partial charge >= 0.3 is 5.97 Å². The smallest absolute Gasteiger partial charge is 0.323 e. The van der Waals surface area contributed by atoms with Gasteiger partial charge in [-0.1, -0.05) is 30.7 Å². The predicted molar refractivity (Wildman–Crippen MR) is 78.3 cm³/mol. The van der Waals surface area contributed by atoms with Gasteiger partial charge in [-0.05, 0) is 45.0 Å². The van der Waals surface area contributed by atoms with Gasteiger partial charge in [0.15, 0.2) is 0 Å². The monoisotopic (exact) mass is 283 g/mol. The van der Waals surface area contributed by atoms with Crippen LogP contribution < -0.4 is 0 Å². The zero-order valence-corrected chi connectivity index (χ0v) is 12.8. The first kappa shape index (κ1) is 16.0. The van der Waals surface area contributed by atoms with Gasteiger partial charge in [-0.3, -0.25) is 9.69 Å². The first-order valence-corrected chi connectivity index (χ1v) is 7.03. The summed E-state index contributed by atoms with van der Waals surface area (Å²) in [6.45, 7) is 6.29. The van der Waals surface area contributed by atoms with Crippen molar-refractivity contribution < 1.29 is 9.53 Å². The highest BCUT2D eigenvalue weighted by atomic mass is 35.5. The summed E-state index contributed by atoms with van der Waals surface area (Å²) in [5.74, 6) is -0.165. The molecule has 0 bridgehead atoms. The zero-order chi connectivity index (χ0) is 14.4. The number of esters is 1. The molecule has 3 nitrogen and oxygen atoms in total. The van der Waals surface area contributed by atoms with E-state index in [1.165, 1.54) is 0 Å². The highest BCUT2D eigenvalue weighted by molar-refractivity contribution is 6.30. The largest absolute Gasteiger partial charge is 0.465 e. The van der Waals surface area contributed by atoms with E-state index >= 15 is 0 Å². The summed E-state index contributed by atoms with van der Waals surface area (Å²) in [4.78, 5) is 14.0. The molecule has 19 heavy (non-hydrogen) atoms. The van der Waals surface area contributed by atoms with Crippen LogP contribution >= 0.6 is 11.6 Å². The average Bonchev–Trinajstić information content (AvgIpc) is 2.39. The maximum atomic E-state index is 11.9. The molecule has 0 spiro atoms. The fourth-order valence-electron chi connectivity index (χ4n) is 2.13. The number of nitrogens with zero attached hydrogens (tertiary/aromatic N) is 1. The van der Waals surface area contributed by atoms with Crippen molar-refractivity contribution in [2.75, 3.05) is 13.7 Å². The van der Waals surface area contributed by atoms with Crippen LogP contribution in [0.4, 0.5) is 0 Å². The van der Waals surface area contributed by atoms with Gasteiger partial charge in [0, 0.05) is 11.1 Å². The third-order valence-corrected chi connectivity index (χ3v) is 3.61. The van der Waals surface area contributed by atoms with Crippen molar-refractivity contribution >= 4 is 17.6 Å². The van der Waals surface area contributed by atoms with Crippen LogP contribution in [0.25, 0.3) is 0 Å². The lowest BCUT2D eigenvalue weighted by Crippen LogP contribution is -2.40. The molecule has 1 rings (SSSR count). The molecule has 0 aliphatic carbocycles. The van der Waals surface area contributed by atoms with E-state index in [4.69, 9.17) is 16.3 Å². The Bertz CT molecular complexity index is 422. The minimum atomic E-state index is -0.228. The normalized spacial score (nSPS) is 14.2. The number of rotatable bonds is 6. The van der Waals surface area contributed by atoms with E-state index in [0.717, 1.165) is 12.0 Å². The molecular formula is C15H22ClNO2. The van der Waals surface area contributed by atoms with Crippen molar-refractivity contribution in [1.29, 1.82) is 0 Å². The molecule has 0 N–H and O–H groups in total. The van der Waals surface area contributed by atoms with Crippen molar-refractivity contribution in [3.05, 3.63) is 34.9 Å². The maximum Gasteiger partial charge on any atom is 0.323 e. The van der Waals surface area contributed by atoms with E-state index in [1.807, 2.05) is 50.1 Å². The van der Waals surface area contributed by atoms with Crippen LogP contribution in [0.15, 0.2) is 24.3 Å². The number of hydrogen-bond donors (Lipinski definition) is 0. The molecular weight excluding hydrogens is 262 g/mol. The van der Waals surface area contributed by atoms with E-state index in [-0.39, 0.29) is 18.1 Å². The second-order valence-electron chi connectivity index (χ2n) is 4.57. The third kappa shape index (κ3) is 4.22. The molecule has 106 valence electrons. The second kappa shape index (κ2) is 7.51. The van der Waals surface area contributed by atoms with Gasteiger partial charge in [-0.25, -0.2) is 0 Å². The summed E-state index contributed by atoms with van der Waals surface area (Å²) in [5, 5.41) is 0.710. The summed E-state index contributed by atoms with van der Waals surface area (Å²) in [6.07, 6.45) is 0.722. The van der Waals surface area contributed by atoms with Crippen LogP contribution in [0.3, 0.4) is 0 Å². The van der Waals surface area contributed by atoms with Crippen molar-refractivity contribution in [3.8, 4) is 0 Å². The van der Waals surface area contributed by atoms with Crippen molar-refractivity contribution in [2.24, 2.45) is 0 Å². The first-order chi connectivity index (χ1) is 9.01. The summed E-state index contributed by atoms with van der Waals surface area (Å²) in [6, 6.07) is 7.60. The third-order valence-electron chi connectivity index (χ3n) is 3.38. The molecule has 0 aliphatic heterocycles. The molecule has 0 aliphatic rings. The van der Waals surface area contributed by atoms with Crippen LogP contribution in [0.2, 0.25) is 5.02 Å². The Labute approximate surface area is 120 Å². The van der Waals surface area contributed by atoms with Gasteiger partial charge in [-0.15, -0.1) is 0 Å². The predicted octanol–water partition coefficient (Wildman–Crippen LogP) is 3.67. The Morgan fingerprint density at radius 2 is 2.11 bits per heavy atom. The molecule has 0 amide bonds. The number of benzene rings is 1. The van der Waals surface area contributed by atoms with Crippen molar-refractivity contribution in [3.63, 3.8) is 0 Å². The molecule has 1 aromatic carbocycles. The summed E-state index contributed by atoms with van der Waals surface area (Å²) in [7, 11) is 1.94. The zero-order valence-electron chi connectivity index (χ0n) is 12.0. The molecule has 0 fully saturated rings. The summed E-state index contributed by atoms with van der Waals surface area (Å²) >= 11 is 6.01. The molecule has 0 saturated heterocycles. The van der Waals surface area contributed by atoms with E-state index in [9.17, 15) is 4.79 Å². The Hall–Kier alpha value is -1.06. The molecule has 2 atom stereocenters. The highest BCUT2D eigenvalue weighted by Gasteiger charge is 2.26. The van der Waals surface area contributed by atoms with Crippen LogP contribution in [-0.4, -0.2) is 30.6 Å². The lowest BCUT2D eigenvalue weighted by atomic mass is 10.0. The second-order valence-corrected chi connectivity index (χ2v) is 5.01. The van der Waals surface area contributed by atoms with E-state index in [1.54, 1.807) is 0 Å². The highest BCUT2D eigenvalue weighted by Crippen LogP contribution is 2.24. The van der Waals surface area contributed by atoms with Crippen molar-refractivity contribution in [2.45, 2.75) is 39.3 Å². The van der Waals surface area contributed by atoms with E-state index in [0.29, 0.717) is 11.6 Å². The van der Waals surface area contributed by atoms with Gasteiger partial charge in [0.2, 0.25) is 0 Å². The standard InChI is InChI=1S/C15H22ClNO2/c1-5-14(15(18)19-6-2)17(4)11(3)12-8-7-9-13(16)10-12/h7-11,14H,5-6H2,1-4H3.